The van der Waals surface area contributed by atoms with Gasteiger partial charge in [0.15, 0.2) is 5.17 Å². The Bertz CT molecular complexity index is 1080. The van der Waals surface area contributed by atoms with Crippen LogP contribution in [-0.4, -0.2) is 11.1 Å². The highest BCUT2D eigenvalue weighted by atomic mass is 32.2. The molecule has 1 saturated heterocycles. The van der Waals surface area contributed by atoms with Crippen LogP contribution < -0.4 is 5.32 Å². The Hall–Kier alpha value is -3.11. The zero-order chi connectivity index (χ0) is 19.5. The lowest BCUT2D eigenvalue weighted by molar-refractivity contribution is -0.115. The van der Waals surface area contributed by atoms with Gasteiger partial charge in [0, 0.05) is 0 Å². The number of aryl methyl sites for hydroxylation is 2. The zero-order valence-electron chi connectivity index (χ0n) is 15.8. The summed E-state index contributed by atoms with van der Waals surface area (Å²) in [4.78, 5) is 17.6. The lowest BCUT2D eigenvalue weighted by Crippen LogP contribution is -2.19. The van der Waals surface area contributed by atoms with Gasteiger partial charge in [-0.15, -0.1) is 0 Å². The summed E-state index contributed by atoms with van der Waals surface area (Å²) < 4.78 is 0. The number of thioether (sulfide) groups is 1. The molecule has 28 heavy (non-hydrogen) atoms. The van der Waals surface area contributed by atoms with Crippen molar-refractivity contribution in [1.29, 1.82) is 0 Å². The molecule has 0 atom stereocenters. The fourth-order valence-corrected chi connectivity index (χ4v) is 3.91. The van der Waals surface area contributed by atoms with Gasteiger partial charge in [-0.3, -0.25) is 4.79 Å². The summed E-state index contributed by atoms with van der Waals surface area (Å²) in [6, 6.07) is 24.5. The molecule has 1 amide bonds. The van der Waals surface area contributed by atoms with E-state index < -0.39 is 0 Å². The Balaban J connectivity index is 1.54. The fourth-order valence-electron chi connectivity index (χ4n) is 3.07. The van der Waals surface area contributed by atoms with E-state index in [4.69, 9.17) is 0 Å². The summed E-state index contributed by atoms with van der Waals surface area (Å²) in [5.74, 6) is -0.111. The smallest absolute Gasteiger partial charge is 0.264 e. The summed E-state index contributed by atoms with van der Waals surface area (Å²) in [6.45, 7) is 4.08. The first-order valence-corrected chi connectivity index (χ1v) is 9.92. The monoisotopic (exact) mass is 384 g/mol. The van der Waals surface area contributed by atoms with Crippen molar-refractivity contribution >= 4 is 34.6 Å². The van der Waals surface area contributed by atoms with Crippen molar-refractivity contribution in [2.24, 2.45) is 4.99 Å². The molecule has 3 nitrogen and oxygen atoms in total. The molecular formula is C24H20N2OS. The summed E-state index contributed by atoms with van der Waals surface area (Å²) in [6.07, 6.45) is 1.90. The molecule has 1 aliphatic heterocycles. The first-order chi connectivity index (χ1) is 13.6. The number of carbonyl (C=O) groups is 1. The number of amidine groups is 1. The first-order valence-electron chi connectivity index (χ1n) is 9.11. The van der Waals surface area contributed by atoms with Crippen LogP contribution in [0.25, 0.3) is 17.2 Å². The SMILES string of the molecule is Cc1ccc(N=C2NC(=O)C(=Cc3ccc(-c4ccccc4)cc3)S2)c(C)c1. The largest absolute Gasteiger partial charge is 0.300 e. The number of aliphatic imine (C=N–C) groups is 1. The average molecular weight is 385 g/mol. The number of nitrogens with one attached hydrogen (secondary N) is 1. The van der Waals surface area contributed by atoms with Gasteiger partial charge < -0.3 is 5.32 Å². The van der Waals surface area contributed by atoms with E-state index in [0.29, 0.717) is 10.1 Å². The van der Waals surface area contributed by atoms with Crippen molar-refractivity contribution in [1.82, 2.24) is 5.32 Å². The number of hydrogen-bond acceptors (Lipinski definition) is 3. The second kappa shape index (κ2) is 7.87. The average Bonchev–Trinajstić information content (AvgIpc) is 3.04. The van der Waals surface area contributed by atoms with Crippen LogP contribution in [0.4, 0.5) is 5.69 Å². The lowest BCUT2D eigenvalue weighted by Gasteiger charge is -2.02. The van der Waals surface area contributed by atoms with Gasteiger partial charge in [0.2, 0.25) is 0 Å². The van der Waals surface area contributed by atoms with E-state index in [1.54, 1.807) is 0 Å². The minimum atomic E-state index is -0.111. The molecule has 0 aromatic heterocycles. The Morgan fingerprint density at radius 1 is 0.893 bits per heavy atom. The number of amides is 1. The van der Waals surface area contributed by atoms with Gasteiger partial charge in [0.1, 0.15) is 0 Å². The molecule has 138 valence electrons. The van der Waals surface area contributed by atoms with Crippen LogP contribution in [0.15, 0.2) is 82.7 Å². The number of hydrogen-bond donors (Lipinski definition) is 1. The molecule has 4 heteroatoms. The van der Waals surface area contributed by atoms with Crippen LogP contribution in [0.3, 0.4) is 0 Å². The molecule has 0 bridgehead atoms. The van der Waals surface area contributed by atoms with Crippen LogP contribution in [-0.2, 0) is 4.79 Å². The van der Waals surface area contributed by atoms with Gasteiger partial charge in [0.25, 0.3) is 5.91 Å². The van der Waals surface area contributed by atoms with Crippen molar-refractivity contribution < 1.29 is 4.79 Å². The number of rotatable bonds is 3. The quantitative estimate of drug-likeness (QED) is 0.575. The molecule has 1 heterocycles. The molecule has 0 aliphatic carbocycles. The molecule has 0 saturated carbocycles. The number of carbonyl (C=O) groups excluding carboxylic acids is 1. The summed E-state index contributed by atoms with van der Waals surface area (Å²) in [7, 11) is 0. The minimum absolute atomic E-state index is 0.111. The van der Waals surface area contributed by atoms with E-state index in [1.165, 1.54) is 22.9 Å². The third kappa shape index (κ3) is 4.07. The maximum absolute atomic E-state index is 12.3. The van der Waals surface area contributed by atoms with Crippen molar-refractivity contribution in [2.45, 2.75) is 13.8 Å². The van der Waals surface area contributed by atoms with Crippen LogP contribution in [0.5, 0.6) is 0 Å². The van der Waals surface area contributed by atoms with Crippen LogP contribution in [0, 0.1) is 13.8 Å². The summed E-state index contributed by atoms with van der Waals surface area (Å²) >= 11 is 1.37. The van der Waals surface area contributed by atoms with Gasteiger partial charge in [-0.25, -0.2) is 4.99 Å². The minimum Gasteiger partial charge on any atom is -0.300 e. The number of benzene rings is 3. The van der Waals surface area contributed by atoms with Crippen LogP contribution >= 0.6 is 11.8 Å². The van der Waals surface area contributed by atoms with E-state index >= 15 is 0 Å². The van der Waals surface area contributed by atoms with Crippen molar-refractivity contribution in [2.75, 3.05) is 0 Å². The maximum atomic E-state index is 12.3. The molecule has 3 aromatic rings. The van der Waals surface area contributed by atoms with Gasteiger partial charge in [0.05, 0.1) is 10.6 Å². The molecule has 1 aliphatic rings. The molecule has 1 fully saturated rings. The van der Waals surface area contributed by atoms with Crippen molar-refractivity contribution in [3.05, 3.63) is 94.4 Å². The topological polar surface area (TPSA) is 41.5 Å². The van der Waals surface area contributed by atoms with E-state index in [0.717, 1.165) is 22.4 Å². The molecule has 4 rings (SSSR count). The van der Waals surface area contributed by atoms with E-state index in [1.807, 2.05) is 55.5 Å². The second-order valence-electron chi connectivity index (χ2n) is 6.76. The highest BCUT2D eigenvalue weighted by molar-refractivity contribution is 8.18. The van der Waals surface area contributed by atoms with Crippen LogP contribution in [0.1, 0.15) is 16.7 Å². The Kier molecular flexibility index (Phi) is 5.13. The van der Waals surface area contributed by atoms with E-state index in [9.17, 15) is 4.79 Å². The lowest BCUT2D eigenvalue weighted by atomic mass is 10.0. The fraction of sp³-hybridized carbons (Fsp3) is 0.0833. The highest BCUT2D eigenvalue weighted by Crippen LogP contribution is 2.30. The summed E-state index contributed by atoms with van der Waals surface area (Å²) in [5, 5.41) is 3.47. The highest BCUT2D eigenvalue weighted by Gasteiger charge is 2.23. The molecule has 3 aromatic carbocycles. The standard InChI is InChI=1S/C24H20N2OS/c1-16-8-13-21(17(2)14-16)25-24-26-23(27)22(28-24)15-18-9-11-20(12-10-18)19-6-4-3-5-7-19/h3-15H,1-2H3,(H,25,26,27). The first kappa shape index (κ1) is 18.3. The normalized spacial score (nSPS) is 16.6. The summed E-state index contributed by atoms with van der Waals surface area (Å²) in [5.41, 5.74) is 6.49. The van der Waals surface area contributed by atoms with E-state index in [-0.39, 0.29) is 5.91 Å². The molecular weight excluding hydrogens is 364 g/mol. The number of nitrogens with zero attached hydrogens (tertiary/aromatic N) is 1. The Morgan fingerprint density at radius 2 is 1.61 bits per heavy atom. The Morgan fingerprint density at radius 3 is 2.32 bits per heavy atom. The molecule has 0 radical (unpaired) electrons. The van der Waals surface area contributed by atoms with Gasteiger partial charge >= 0.3 is 0 Å². The van der Waals surface area contributed by atoms with Crippen LogP contribution in [0.2, 0.25) is 0 Å². The molecule has 0 unspecified atom stereocenters. The van der Waals surface area contributed by atoms with E-state index in [2.05, 4.69) is 47.6 Å². The molecule has 1 N–H and O–H groups in total. The second-order valence-corrected chi connectivity index (χ2v) is 7.79. The Labute approximate surface area is 169 Å². The van der Waals surface area contributed by atoms with Gasteiger partial charge in [-0.1, -0.05) is 72.3 Å². The van der Waals surface area contributed by atoms with Gasteiger partial charge in [-0.2, -0.15) is 0 Å². The molecule has 0 spiro atoms. The third-order valence-corrected chi connectivity index (χ3v) is 5.45. The third-order valence-electron chi connectivity index (χ3n) is 4.54. The zero-order valence-corrected chi connectivity index (χ0v) is 16.6. The van der Waals surface area contributed by atoms with Gasteiger partial charge in [-0.05, 0) is 60.0 Å². The van der Waals surface area contributed by atoms with Crippen molar-refractivity contribution in [3.8, 4) is 11.1 Å². The predicted molar refractivity (Wildman–Crippen MR) is 119 cm³/mol. The predicted octanol–water partition coefficient (Wildman–Crippen LogP) is 5.86. The maximum Gasteiger partial charge on any atom is 0.264 e. The van der Waals surface area contributed by atoms with Crippen molar-refractivity contribution in [3.63, 3.8) is 0 Å².